The van der Waals surface area contributed by atoms with Crippen molar-refractivity contribution in [3.8, 4) is 16.8 Å². The molecule has 1 fully saturated rings. The molecule has 0 spiro atoms. The molecule has 7 rings (SSSR count). The van der Waals surface area contributed by atoms with Crippen molar-refractivity contribution in [3.05, 3.63) is 155 Å². The summed E-state index contributed by atoms with van der Waals surface area (Å²) < 4.78 is 14.9. The Labute approximate surface area is 288 Å². The molecule has 0 bridgehead atoms. The normalized spacial score (nSPS) is 17.4. The number of aliphatic hydroxyl groups excluding tert-OH is 1. The van der Waals surface area contributed by atoms with Gasteiger partial charge in [0.2, 0.25) is 5.16 Å². The fourth-order valence-corrected chi connectivity index (χ4v) is 6.57. The molecule has 3 heterocycles. The number of aliphatic hydroxyl groups is 1. The lowest BCUT2D eigenvalue weighted by Gasteiger charge is -2.36. The van der Waals surface area contributed by atoms with Gasteiger partial charge in [0.1, 0.15) is 0 Å². The average molecular weight is 671 g/mol. The monoisotopic (exact) mass is 670 g/mol. The first kappa shape index (κ1) is 32.4. The highest BCUT2D eigenvalue weighted by molar-refractivity contribution is 7.99. The van der Waals surface area contributed by atoms with E-state index in [0.29, 0.717) is 29.4 Å². The second kappa shape index (κ2) is 15.3. The minimum absolute atomic E-state index is 0.0117. The molecule has 2 aromatic heterocycles. The molecule has 2 N–H and O–H groups in total. The van der Waals surface area contributed by atoms with Crippen LogP contribution in [0.4, 0.5) is 0 Å². The molecular weight excluding hydrogens is 637 g/mol. The number of tetrazole rings is 1. The number of amides is 1. The zero-order valence-electron chi connectivity index (χ0n) is 26.5. The average Bonchev–Trinajstić information content (AvgIpc) is 3.66. The van der Waals surface area contributed by atoms with Crippen LogP contribution in [0.25, 0.3) is 16.8 Å². The molecule has 4 aromatic carbocycles. The van der Waals surface area contributed by atoms with Gasteiger partial charge in [0.15, 0.2) is 6.29 Å². The van der Waals surface area contributed by atoms with Crippen LogP contribution in [0, 0.1) is 0 Å². The van der Waals surface area contributed by atoms with Crippen LogP contribution in [0.2, 0.25) is 0 Å². The maximum atomic E-state index is 12.5. The lowest BCUT2D eigenvalue weighted by Crippen LogP contribution is -2.31. The summed E-state index contributed by atoms with van der Waals surface area (Å²) in [6.07, 6.45) is 2.91. The van der Waals surface area contributed by atoms with E-state index in [-0.39, 0.29) is 24.7 Å². The van der Waals surface area contributed by atoms with Gasteiger partial charge in [-0.25, -0.2) is 0 Å². The van der Waals surface area contributed by atoms with Gasteiger partial charge in [0.05, 0.1) is 30.1 Å². The van der Waals surface area contributed by atoms with E-state index >= 15 is 0 Å². The van der Waals surface area contributed by atoms with Crippen LogP contribution in [0.1, 0.15) is 51.4 Å². The van der Waals surface area contributed by atoms with Gasteiger partial charge in [-0.1, -0.05) is 96.7 Å². The summed E-state index contributed by atoms with van der Waals surface area (Å²) in [6, 6.07) is 37.5. The molecule has 1 aliphatic heterocycles. The molecule has 0 saturated carbocycles. The molecule has 0 unspecified atom stereocenters. The quantitative estimate of drug-likeness (QED) is 0.149. The standard InChI is InChI=1S/C38H34N6O4S/c45-24-26-11-13-29(14-12-26)35-21-34(25-49-38-41-42-43-44(38)33-9-2-1-3-10-33)47-37(48-35)30-17-15-28(16-18-30)31-7-4-6-27(20-31)22-40-36(46)32-8-5-19-39-23-32/h1-20,23,34-35,37,45H,21-22,24-25H2,(H,40,46)/t34-,35+,37+/m1/s1. The molecule has 6 aromatic rings. The fraction of sp³-hybridized carbons (Fsp3) is 0.184. The number of carbonyl (C=O) groups excluding carboxylic acids is 1. The van der Waals surface area contributed by atoms with Crippen LogP contribution < -0.4 is 5.32 Å². The van der Waals surface area contributed by atoms with Crippen LogP contribution in [-0.2, 0) is 22.6 Å². The minimum Gasteiger partial charge on any atom is -0.392 e. The summed E-state index contributed by atoms with van der Waals surface area (Å²) in [4.78, 5) is 16.5. The molecule has 49 heavy (non-hydrogen) atoms. The summed E-state index contributed by atoms with van der Waals surface area (Å²) in [5.41, 5.74) is 7.27. The Bertz CT molecular complexity index is 1970. The number of benzene rings is 4. The van der Waals surface area contributed by atoms with Crippen molar-refractivity contribution in [2.24, 2.45) is 0 Å². The van der Waals surface area contributed by atoms with Gasteiger partial charge in [-0.05, 0) is 68.6 Å². The van der Waals surface area contributed by atoms with E-state index in [4.69, 9.17) is 9.47 Å². The predicted octanol–water partition coefficient (Wildman–Crippen LogP) is 6.48. The summed E-state index contributed by atoms with van der Waals surface area (Å²) in [5, 5.41) is 25.6. The van der Waals surface area contributed by atoms with Gasteiger partial charge >= 0.3 is 0 Å². The van der Waals surface area contributed by atoms with Crippen molar-refractivity contribution in [2.45, 2.75) is 43.2 Å². The number of carbonyl (C=O) groups is 1. The first-order chi connectivity index (χ1) is 24.1. The second-order valence-corrected chi connectivity index (χ2v) is 12.6. The van der Waals surface area contributed by atoms with E-state index in [1.807, 2.05) is 78.9 Å². The van der Waals surface area contributed by atoms with Crippen molar-refractivity contribution in [2.75, 3.05) is 5.75 Å². The minimum atomic E-state index is -0.588. The van der Waals surface area contributed by atoms with E-state index < -0.39 is 6.29 Å². The van der Waals surface area contributed by atoms with E-state index in [0.717, 1.165) is 39.1 Å². The van der Waals surface area contributed by atoms with Gasteiger partial charge in [0, 0.05) is 36.7 Å². The molecule has 1 saturated heterocycles. The molecule has 246 valence electrons. The number of aromatic nitrogens is 5. The molecule has 0 aliphatic carbocycles. The van der Waals surface area contributed by atoms with Crippen LogP contribution >= 0.6 is 11.8 Å². The first-order valence-electron chi connectivity index (χ1n) is 16.0. The Morgan fingerprint density at radius 2 is 1.67 bits per heavy atom. The second-order valence-electron chi connectivity index (χ2n) is 11.6. The lowest BCUT2D eigenvalue weighted by molar-refractivity contribution is -0.245. The number of ether oxygens (including phenoxy) is 2. The summed E-state index contributed by atoms with van der Waals surface area (Å²) in [5.74, 6) is 0.463. The van der Waals surface area contributed by atoms with Crippen molar-refractivity contribution in [1.82, 2.24) is 30.5 Å². The van der Waals surface area contributed by atoms with Crippen molar-refractivity contribution in [1.29, 1.82) is 0 Å². The molecule has 1 amide bonds. The van der Waals surface area contributed by atoms with Crippen molar-refractivity contribution in [3.63, 3.8) is 0 Å². The van der Waals surface area contributed by atoms with E-state index in [1.54, 1.807) is 41.0 Å². The van der Waals surface area contributed by atoms with Gasteiger partial charge < -0.3 is 19.9 Å². The topological polar surface area (TPSA) is 124 Å². The van der Waals surface area contributed by atoms with Gasteiger partial charge in [0.25, 0.3) is 5.91 Å². The third kappa shape index (κ3) is 7.93. The highest BCUT2D eigenvalue weighted by Crippen LogP contribution is 2.40. The Morgan fingerprint density at radius 1 is 0.857 bits per heavy atom. The number of nitrogens with one attached hydrogen (secondary N) is 1. The molecule has 10 nitrogen and oxygen atoms in total. The van der Waals surface area contributed by atoms with Gasteiger partial charge in [-0.3, -0.25) is 9.78 Å². The largest absolute Gasteiger partial charge is 0.392 e. The predicted molar refractivity (Wildman–Crippen MR) is 186 cm³/mol. The zero-order valence-corrected chi connectivity index (χ0v) is 27.3. The maximum Gasteiger partial charge on any atom is 0.253 e. The Morgan fingerprint density at radius 3 is 2.45 bits per heavy atom. The number of para-hydroxylation sites is 1. The Kier molecular flexibility index (Phi) is 10.1. The number of pyridine rings is 1. The molecular formula is C38H34N6O4S. The molecule has 1 aliphatic rings. The van der Waals surface area contributed by atoms with E-state index in [1.165, 1.54) is 0 Å². The van der Waals surface area contributed by atoms with E-state index in [9.17, 15) is 9.90 Å². The number of thioether (sulfide) groups is 1. The fourth-order valence-electron chi connectivity index (χ4n) is 5.67. The van der Waals surface area contributed by atoms with Crippen LogP contribution in [0.3, 0.4) is 0 Å². The number of rotatable bonds is 11. The summed E-state index contributed by atoms with van der Waals surface area (Å²) in [6.45, 7) is 0.392. The zero-order chi connectivity index (χ0) is 33.4. The third-order valence-electron chi connectivity index (χ3n) is 8.27. The van der Waals surface area contributed by atoms with E-state index in [2.05, 4.69) is 50.1 Å². The van der Waals surface area contributed by atoms with Gasteiger partial charge in [-0.2, -0.15) is 4.68 Å². The maximum absolute atomic E-state index is 12.5. The van der Waals surface area contributed by atoms with Crippen molar-refractivity contribution >= 4 is 17.7 Å². The Hall–Kier alpha value is -5.20. The summed E-state index contributed by atoms with van der Waals surface area (Å²) in [7, 11) is 0. The van der Waals surface area contributed by atoms with Crippen molar-refractivity contribution < 1.29 is 19.4 Å². The van der Waals surface area contributed by atoms with Crippen LogP contribution in [-0.4, -0.2) is 48.1 Å². The number of hydrogen-bond acceptors (Lipinski definition) is 9. The number of hydrogen-bond donors (Lipinski definition) is 2. The third-order valence-corrected chi connectivity index (χ3v) is 9.33. The number of nitrogens with zero attached hydrogens (tertiary/aromatic N) is 5. The highest BCUT2D eigenvalue weighted by atomic mass is 32.2. The van der Waals surface area contributed by atoms with Gasteiger partial charge in [-0.15, -0.1) is 5.10 Å². The lowest BCUT2D eigenvalue weighted by atomic mass is 9.99. The SMILES string of the molecule is O=C(NCc1cccc(-c2ccc([C@H]3O[C@@H](CSc4nnnn4-c4ccccc4)C[C@@H](c4ccc(CO)cc4)O3)cc2)c1)c1cccnc1. The Balaban J connectivity index is 1.06. The molecule has 3 atom stereocenters. The summed E-state index contributed by atoms with van der Waals surface area (Å²) >= 11 is 1.54. The van der Waals surface area contributed by atoms with Crippen LogP contribution in [0.5, 0.6) is 0 Å². The smallest absolute Gasteiger partial charge is 0.253 e. The molecule has 0 radical (unpaired) electrons. The van der Waals surface area contributed by atoms with Crippen LogP contribution in [0.15, 0.2) is 133 Å². The highest BCUT2D eigenvalue weighted by Gasteiger charge is 2.32. The molecule has 11 heteroatoms. The first-order valence-corrected chi connectivity index (χ1v) is 17.0.